The number of alkyl carbamates (subject to hydrolysis) is 1. The van der Waals surface area contributed by atoms with Crippen molar-refractivity contribution in [2.24, 2.45) is 0 Å². The normalized spacial score (nSPS) is 21.1. The van der Waals surface area contributed by atoms with Gasteiger partial charge in [-0.25, -0.2) is 13.2 Å². The average molecular weight is 498 g/mol. The molecule has 8 nitrogen and oxygen atoms in total. The number of carbonyl (C=O) groups excluding carboxylic acids is 1. The summed E-state index contributed by atoms with van der Waals surface area (Å²) in [6.45, 7) is 9.27. The number of nitrogens with one attached hydrogen (secondary N) is 1. The lowest BCUT2D eigenvalue weighted by Gasteiger charge is -2.43. The summed E-state index contributed by atoms with van der Waals surface area (Å²) in [7, 11) is -2.87. The monoisotopic (exact) mass is 497 g/mol. The highest BCUT2D eigenvalue weighted by Crippen LogP contribution is 2.42. The van der Waals surface area contributed by atoms with Crippen LogP contribution in [-0.4, -0.2) is 37.9 Å². The Morgan fingerprint density at radius 2 is 1.97 bits per heavy atom. The molecule has 1 N–H and O–H groups in total. The van der Waals surface area contributed by atoms with Gasteiger partial charge in [0.25, 0.3) is 0 Å². The molecule has 0 radical (unpaired) electrons. The lowest BCUT2D eigenvalue weighted by atomic mass is 9.68. The first-order valence-corrected chi connectivity index (χ1v) is 12.5. The minimum atomic E-state index is -2.87. The summed E-state index contributed by atoms with van der Waals surface area (Å²) >= 11 is 6.28. The van der Waals surface area contributed by atoms with Crippen molar-refractivity contribution in [3.63, 3.8) is 0 Å². The number of ether oxygens (including phenoxy) is 1. The van der Waals surface area contributed by atoms with Crippen LogP contribution in [-0.2, 0) is 21.0 Å². The van der Waals surface area contributed by atoms with E-state index in [2.05, 4.69) is 10.5 Å². The van der Waals surface area contributed by atoms with E-state index < -0.39 is 28.0 Å². The molecule has 0 atom stereocenters. The second-order valence-electron chi connectivity index (χ2n) is 9.63. The van der Waals surface area contributed by atoms with E-state index in [1.807, 2.05) is 45.0 Å². The zero-order valence-corrected chi connectivity index (χ0v) is 21.3. The van der Waals surface area contributed by atoms with Crippen LogP contribution < -0.4 is 9.62 Å². The number of thiol groups is 1. The van der Waals surface area contributed by atoms with Crippen LogP contribution >= 0.6 is 11.6 Å². The van der Waals surface area contributed by atoms with Crippen molar-refractivity contribution in [2.75, 3.05) is 10.8 Å². The molecule has 2 aromatic rings. The van der Waals surface area contributed by atoms with Crippen LogP contribution in [0.15, 0.2) is 28.8 Å². The van der Waals surface area contributed by atoms with Crippen molar-refractivity contribution >= 4 is 34.3 Å². The van der Waals surface area contributed by atoms with Crippen LogP contribution in [0.2, 0.25) is 5.02 Å². The molecule has 0 aliphatic heterocycles. The molecule has 10 heteroatoms. The van der Waals surface area contributed by atoms with Gasteiger partial charge in [0.1, 0.15) is 17.0 Å². The number of anilines is 1. The van der Waals surface area contributed by atoms with Gasteiger partial charge in [-0.3, -0.25) is 4.31 Å². The van der Waals surface area contributed by atoms with Gasteiger partial charge in [0.2, 0.25) is 10.9 Å². The quantitative estimate of drug-likeness (QED) is 0.562. The maximum Gasteiger partial charge on any atom is 0.407 e. The van der Waals surface area contributed by atoms with E-state index in [9.17, 15) is 13.2 Å². The third-order valence-electron chi connectivity index (χ3n) is 6.07. The minimum Gasteiger partial charge on any atom is -0.444 e. The molecular weight excluding hydrogens is 466 g/mol. The molecule has 1 amide bonds. The van der Waals surface area contributed by atoms with Crippen LogP contribution in [0, 0.1) is 13.8 Å². The predicted octanol–water partition coefficient (Wildman–Crippen LogP) is 4.68. The fraction of sp³-hybridized carbons (Fsp3) is 0.565. The Morgan fingerprint density at radius 3 is 2.48 bits per heavy atom. The van der Waals surface area contributed by atoms with E-state index in [1.165, 1.54) is 4.31 Å². The van der Waals surface area contributed by atoms with Crippen molar-refractivity contribution in [3.8, 4) is 0 Å². The fourth-order valence-electron chi connectivity index (χ4n) is 4.54. The highest BCUT2D eigenvalue weighted by Gasteiger charge is 2.40. The number of benzene rings is 1. The Hall–Kier alpha value is -2.26. The van der Waals surface area contributed by atoms with Crippen molar-refractivity contribution in [1.82, 2.24) is 10.5 Å². The van der Waals surface area contributed by atoms with Crippen LogP contribution in [0.3, 0.4) is 0 Å². The number of rotatable bonds is 6. The van der Waals surface area contributed by atoms with Gasteiger partial charge in [-0.1, -0.05) is 28.9 Å². The first kappa shape index (κ1) is 25.4. The molecule has 3 rings (SSSR count). The zero-order valence-electron chi connectivity index (χ0n) is 19.7. The van der Waals surface area contributed by atoms with Gasteiger partial charge in [0.05, 0.1) is 0 Å². The number of amides is 1. The molecule has 1 heterocycles. The van der Waals surface area contributed by atoms with E-state index in [1.54, 1.807) is 13.8 Å². The van der Waals surface area contributed by atoms with Crippen molar-refractivity contribution < 1.29 is 22.5 Å². The minimum absolute atomic E-state index is 0.225. The summed E-state index contributed by atoms with van der Waals surface area (Å²) in [6.07, 6.45) is 2.06. The van der Waals surface area contributed by atoms with Gasteiger partial charge < -0.3 is 14.6 Å². The lowest BCUT2D eigenvalue weighted by Crippen LogP contribution is -2.48. The van der Waals surface area contributed by atoms with Crippen LogP contribution in [0.5, 0.6) is 0 Å². The Balaban J connectivity index is 1.84. The predicted molar refractivity (Wildman–Crippen MR) is 128 cm³/mol. The molecule has 0 saturated heterocycles. The van der Waals surface area contributed by atoms with E-state index in [4.69, 9.17) is 20.9 Å². The molecule has 1 fully saturated rings. The van der Waals surface area contributed by atoms with Gasteiger partial charge in [0, 0.05) is 23.0 Å². The van der Waals surface area contributed by atoms with E-state index >= 15 is 0 Å². The third kappa shape index (κ3) is 6.00. The Bertz CT molecular complexity index is 1040. The molecule has 33 heavy (non-hydrogen) atoms. The van der Waals surface area contributed by atoms with Crippen molar-refractivity contribution in [2.45, 2.75) is 77.4 Å². The molecule has 0 spiro atoms. The second-order valence-corrected chi connectivity index (χ2v) is 11.0. The number of nitrogens with zero attached hydrogens (tertiary/aromatic N) is 2. The first-order valence-electron chi connectivity index (χ1n) is 11.0. The van der Waals surface area contributed by atoms with E-state index in [0.717, 1.165) is 5.56 Å². The standard InChI is InChI=1S/C23H32ClN3O5S/c1-15-20(16(2)32-26-15)27(33(29)30)19-9-11-23(12-10-19,17-7-6-8-18(24)13-17)14-25-21(28)31-22(3,4)5/h6-8,13,19,33H,9-12,14H2,1-5H3,(H,25,28). The second kappa shape index (κ2) is 9.93. The van der Waals surface area contributed by atoms with Gasteiger partial charge in [-0.05, 0) is 78.0 Å². The molecule has 1 aliphatic carbocycles. The lowest BCUT2D eigenvalue weighted by molar-refractivity contribution is 0.0507. The molecule has 182 valence electrons. The molecule has 1 aromatic carbocycles. The van der Waals surface area contributed by atoms with E-state index in [-0.39, 0.29) is 6.04 Å². The molecule has 1 aromatic heterocycles. The summed E-state index contributed by atoms with van der Waals surface area (Å²) in [6, 6.07) is 7.40. The Morgan fingerprint density at radius 1 is 1.30 bits per heavy atom. The highest BCUT2D eigenvalue weighted by atomic mass is 35.5. The van der Waals surface area contributed by atoms with Gasteiger partial charge in [-0.15, -0.1) is 0 Å². The number of hydrogen-bond donors (Lipinski definition) is 2. The number of hydrogen-bond acceptors (Lipinski definition) is 6. The largest absolute Gasteiger partial charge is 0.444 e. The van der Waals surface area contributed by atoms with Gasteiger partial charge in [0.15, 0.2) is 5.76 Å². The first-order chi connectivity index (χ1) is 15.4. The maximum atomic E-state index is 12.4. The average Bonchev–Trinajstić information content (AvgIpc) is 3.05. The smallest absolute Gasteiger partial charge is 0.407 e. The van der Waals surface area contributed by atoms with Gasteiger partial charge in [-0.2, -0.15) is 0 Å². The molecule has 1 saturated carbocycles. The van der Waals surface area contributed by atoms with Crippen molar-refractivity contribution in [1.29, 1.82) is 0 Å². The Kier molecular flexibility index (Phi) is 7.63. The number of halogens is 1. The Labute approximate surface area is 201 Å². The molecule has 0 unspecified atom stereocenters. The SMILES string of the molecule is Cc1noc(C)c1N(C1CCC(CNC(=O)OC(C)(C)C)(c2cccc(Cl)c2)CC1)[SH](=O)=O. The number of aryl methyl sites for hydroxylation is 2. The topological polar surface area (TPSA) is 102 Å². The zero-order chi connectivity index (χ0) is 24.4. The van der Waals surface area contributed by atoms with Crippen LogP contribution in [0.1, 0.15) is 63.5 Å². The molecule has 1 aliphatic rings. The molecule has 0 bridgehead atoms. The van der Waals surface area contributed by atoms with E-state index in [0.29, 0.717) is 54.4 Å². The van der Waals surface area contributed by atoms with Crippen molar-refractivity contribution in [3.05, 3.63) is 46.3 Å². The van der Waals surface area contributed by atoms with Crippen LogP contribution in [0.4, 0.5) is 10.5 Å². The third-order valence-corrected chi connectivity index (χ3v) is 7.18. The van der Waals surface area contributed by atoms with Gasteiger partial charge >= 0.3 is 6.09 Å². The summed E-state index contributed by atoms with van der Waals surface area (Å²) in [5.41, 5.74) is 1.08. The van der Waals surface area contributed by atoms with Crippen LogP contribution in [0.25, 0.3) is 0 Å². The highest BCUT2D eigenvalue weighted by molar-refractivity contribution is 7.74. The summed E-state index contributed by atoms with van der Waals surface area (Å²) in [5.74, 6) is 0.477. The maximum absolute atomic E-state index is 12.4. The fourth-order valence-corrected chi connectivity index (χ4v) is 5.68. The molecular formula is C23H32ClN3O5S. The summed E-state index contributed by atoms with van der Waals surface area (Å²) in [4.78, 5) is 12.4. The number of carbonyl (C=O) groups is 1. The summed E-state index contributed by atoms with van der Waals surface area (Å²) < 4.78 is 36.5. The number of aromatic nitrogens is 1. The summed E-state index contributed by atoms with van der Waals surface area (Å²) in [5, 5.41) is 7.45.